The van der Waals surface area contributed by atoms with Crippen molar-refractivity contribution in [2.24, 2.45) is 0 Å². The predicted octanol–water partition coefficient (Wildman–Crippen LogP) is 1.51. The fourth-order valence-corrected chi connectivity index (χ4v) is 3.34. The van der Waals surface area contributed by atoms with Gasteiger partial charge >= 0.3 is 17.8 Å². The number of hydrogen-bond acceptors (Lipinski definition) is 5. The third kappa shape index (κ3) is 3.33. The first-order chi connectivity index (χ1) is 12.4. The van der Waals surface area contributed by atoms with E-state index in [1.54, 1.807) is 12.1 Å². The molecule has 0 radical (unpaired) electrons. The van der Waals surface area contributed by atoms with Crippen LogP contribution in [0.2, 0.25) is 0 Å². The minimum Gasteiger partial charge on any atom is -0.343 e. The second kappa shape index (κ2) is 7.04. The maximum Gasteiger partial charge on any atom is 0.334 e. The van der Waals surface area contributed by atoms with Crippen LogP contribution in [-0.4, -0.2) is 47.1 Å². The lowest BCUT2D eigenvalue weighted by atomic mass is 10.1. The fraction of sp³-hybridized carbons (Fsp3) is 0.176. The van der Waals surface area contributed by atoms with E-state index < -0.39 is 42.2 Å². The molecule has 2 heterocycles. The van der Waals surface area contributed by atoms with E-state index in [0.29, 0.717) is 15.4 Å². The highest BCUT2D eigenvalue weighted by atomic mass is 32.1. The molecule has 1 aliphatic heterocycles. The molecule has 0 spiro atoms. The molecule has 7 nitrogen and oxygen atoms in total. The van der Waals surface area contributed by atoms with Crippen molar-refractivity contribution in [3.05, 3.63) is 58.0 Å². The highest BCUT2D eigenvalue weighted by Gasteiger charge is 2.43. The molecule has 0 aliphatic carbocycles. The van der Waals surface area contributed by atoms with Crippen LogP contribution < -0.4 is 5.32 Å². The number of nitrogens with zero attached hydrogens (tertiary/aromatic N) is 2. The maximum absolute atomic E-state index is 13.2. The van der Waals surface area contributed by atoms with Gasteiger partial charge in [0.25, 0.3) is 0 Å². The van der Waals surface area contributed by atoms with Crippen LogP contribution in [0.4, 0.5) is 9.18 Å². The Morgan fingerprint density at radius 3 is 2.38 bits per heavy atom. The van der Waals surface area contributed by atoms with Gasteiger partial charge in [-0.2, -0.15) is 0 Å². The Balaban J connectivity index is 1.78. The van der Waals surface area contributed by atoms with Crippen molar-refractivity contribution >= 4 is 35.1 Å². The fourth-order valence-electron chi connectivity index (χ4n) is 2.53. The van der Waals surface area contributed by atoms with Gasteiger partial charge in [0.05, 0.1) is 6.04 Å². The van der Waals surface area contributed by atoms with Crippen molar-refractivity contribution in [3.8, 4) is 0 Å². The van der Waals surface area contributed by atoms with Crippen molar-refractivity contribution in [2.45, 2.75) is 6.04 Å². The standard InChI is InChI=1S/C17H14FN3O4S/c1-20-15(23)16(24)21(17(20)25)9-13(22)19-14(12-3-2-8-26-12)10-4-6-11(18)7-5-10/h2-8,14H,9H2,1H3,(H,19,22)/t14-/m0/s1. The Bertz CT molecular complexity index is 867. The molecule has 0 unspecified atom stereocenters. The summed E-state index contributed by atoms with van der Waals surface area (Å²) in [4.78, 5) is 49.6. The molecule has 3 rings (SSSR count). The maximum atomic E-state index is 13.2. The first kappa shape index (κ1) is 17.7. The average Bonchev–Trinajstić information content (AvgIpc) is 3.22. The highest BCUT2D eigenvalue weighted by Crippen LogP contribution is 2.26. The molecular weight excluding hydrogens is 361 g/mol. The van der Waals surface area contributed by atoms with Gasteiger partial charge in [0.2, 0.25) is 5.91 Å². The van der Waals surface area contributed by atoms with Crippen molar-refractivity contribution in [1.82, 2.24) is 15.1 Å². The molecule has 1 N–H and O–H groups in total. The zero-order chi connectivity index (χ0) is 18.8. The number of carbonyl (C=O) groups is 4. The van der Waals surface area contributed by atoms with Crippen LogP contribution in [-0.2, 0) is 14.4 Å². The van der Waals surface area contributed by atoms with Crippen molar-refractivity contribution in [2.75, 3.05) is 13.6 Å². The Hall–Kier alpha value is -3.07. The van der Waals surface area contributed by atoms with Crippen LogP contribution in [0.5, 0.6) is 0 Å². The van der Waals surface area contributed by atoms with Crippen molar-refractivity contribution in [1.29, 1.82) is 0 Å². The molecule has 1 atom stereocenters. The van der Waals surface area contributed by atoms with E-state index in [1.165, 1.54) is 30.5 Å². The number of benzene rings is 1. The molecular formula is C17H14FN3O4S. The second-order valence-corrected chi connectivity index (χ2v) is 6.58. The van der Waals surface area contributed by atoms with E-state index in [2.05, 4.69) is 5.32 Å². The van der Waals surface area contributed by atoms with Crippen molar-refractivity contribution in [3.63, 3.8) is 0 Å². The predicted molar refractivity (Wildman–Crippen MR) is 90.6 cm³/mol. The number of hydrogen-bond donors (Lipinski definition) is 1. The molecule has 0 saturated carbocycles. The molecule has 1 fully saturated rings. The van der Waals surface area contributed by atoms with Crippen LogP contribution in [0.3, 0.4) is 0 Å². The molecule has 26 heavy (non-hydrogen) atoms. The number of carbonyl (C=O) groups excluding carboxylic acids is 4. The third-order valence-corrected chi connectivity index (χ3v) is 4.83. The normalized spacial score (nSPS) is 15.5. The van der Waals surface area contributed by atoms with Gasteiger partial charge in [0.1, 0.15) is 12.4 Å². The first-order valence-corrected chi connectivity index (χ1v) is 8.48. The number of thiophene rings is 1. The van der Waals surface area contributed by atoms with Crippen LogP contribution in [0.25, 0.3) is 0 Å². The van der Waals surface area contributed by atoms with Crippen LogP contribution in [0, 0.1) is 5.82 Å². The van der Waals surface area contributed by atoms with Crippen LogP contribution in [0.15, 0.2) is 41.8 Å². The van der Waals surface area contributed by atoms with Gasteiger partial charge in [-0.1, -0.05) is 18.2 Å². The van der Waals surface area contributed by atoms with Crippen LogP contribution in [0.1, 0.15) is 16.5 Å². The monoisotopic (exact) mass is 375 g/mol. The topological polar surface area (TPSA) is 86.8 Å². The summed E-state index contributed by atoms with van der Waals surface area (Å²) in [6.07, 6.45) is 0. The number of rotatable bonds is 5. The van der Waals surface area contributed by atoms with E-state index >= 15 is 0 Å². The van der Waals surface area contributed by atoms with E-state index in [9.17, 15) is 23.6 Å². The summed E-state index contributed by atoms with van der Waals surface area (Å²) in [5, 5.41) is 4.56. The van der Waals surface area contributed by atoms with Gasteiger partial charge in [-0.15, -0.1) is 11.3 Å². The molecule has 5 amide bonds. The van der Waals surface area contributed by atoms with Gasteiger partial charge in [-0.3, -0.25) is 19.3 Å². The van der Waals surface area contributed by atoms with E-state index in [1.807, 2.05) is 17.5 Å². The number of imide groups is 2. The summed E-state index contributed by atoms with van der Waals surface area (Å²) in [5.74, 6) is -3.03. The summed E-state index contributed by atoms with van der Waals surface area (Å²) in [6.45, 7) is -0.573. The molecule has 2 aromatic rings. The number of likely N-dealkylation sites (N-methyl/N-ethyl adjacent to an activating group) is 1. The van der Waals surface area contributed by atoms with Gasteiger partial charge in [0, 0.05) is 11.9 Å². The number of urea groups is 1. The lowest BCUT2D eigenvalue weighted by Gasteiger charge is -2.20. The third-order valence-electron chi connectivity index (χ3n) is 3.89. The summed E-state index contributed by atoms with van der Waals surface area (Å²) in [7, 11) is 1.17. The summed E-state index contributed by atoms with van der Waals surface area (Å²) >= 11 is 1.40. The van der Waals surface area contributed by atoms with Gasteiger partial charge < -0.3 is 5.32 Å². The van der Waals surface area contributed by atoms with Gasteiger partial charge in [-0.25, -0.2) is 14.1 Å². The zero-order valence-corrected chi connectivity index (χ0v) is 14.5. The minimum absolute atomic E-state index is 0.403. The molecule has 1 aromatic carbocycles. The lowest BCUT2D eigenvalue weighted by molar-refractivity contribution is -0.143. The largest absolute Gasteiger partial charge is 0.343 e. The smallest absolute Gasteiger partial charge is 0.334 e. The SMILES string of the molecule is CN1C(=O)C(=O)N(CC(=O)N[C@@H](c2ccc(F)cc2)c2cccs2)C1=O. The van der Waals surface area contributed by atoms with E-state index in [-0.39, 0.29) is 0 Å². The Labute approximate surface area is 152 Å². The summed E-state index contributed by atoms with van der Waals surface area (Å²) in [5.41, 5.74) is 0.648. The van der Waals surface area contributed by atoms with E-state index in [4.69, 9.17) is 0 Å². The second-order valence-electron chi connectivity index (χ2n) is 5.61. The minimum atomic E-state index is -1.04. The Morgan fingerprint density at radius 1 is 1.15 bits per heavy atom. The van der Waals surface area contributed by atoms with Gasteiger partial charge in [-0.05, 0) is 29.1 Å². The van der Waals surface area contributed by atoms with Gasteiger partial charge in [0.15, 0.2) is 0 Å². The highest BCUT2D eigenvalue weighted by molar-refractivity contribution is 7.10. The zero-order valence-electron chi connectivity index (χ0n) is 13.6. The number of amides is 5. The molecule has 9 heteroatoms. The first-order valence-electron chi connectivity index (χ1n) is 7.60. The Morgan fingerprint density at radius 2 is 1.85 bits per heavy atom. The van der Waals surface area contributed by atoms with Crippen LogP contribution >= 0.6 is 11.3 Å². The molecule has 1 aliphatic rings. The summed E-state index contributed by atoms with van der Waals surface area (Å²) in [6, 6.07) is 7.86. The summed E-state index contributed by atoms with van der Waals surface area (Å²) < 4.78 is 13.2. The quantitative estimate of drug-likeness (QED) is 0.634. The molecule has 134 valence electrons. The molecule has 1 aromatic heterocycles. The molecule has 0 bridgehead atoms. The van der Waals surface area contributed by atoms with Crippen molar-refractivity contribution < 1.29 is 23.6 Å². The number of halogens is 1. The van der Waals surface area contributed by atoms with E-state index in [0.717, 1.165) is 4.88 Å². The molecule has 1 saturated heterocycles. The average molecular weight is 375 g/mol. The Kier molecular flexibility index (Phi) is 4.81. The lowest BCUT2D eigenvalue weighted by Crippen LogP contribution is -2.42. The number of nitrogens with one attached hydrogen (secondary N) is 1.